The summed E-state index contributed by atoms with van der Waals surface area (Å²) in [7, 11) is 2.30. The first-order valence-corrected chi connectivity index (χ1v) is 6.92. The van der Waals surface area contributed by atoms with Crippen LogP contribution in [0.4, 0.5) is 0 Å². The topological polar surface area (TPSA) is 32.5 Å². The van der Waals surface area contributed by atoms with Gasteiger partial charge in [-0.1, -0.05) is 12.8 Å². The molecule has 16 heavy (non-hydrogen) atoms. The molecule has 0 aromatic rings. The monoisotopic (exact) mass is 225 g/mol. The Kier molecular flexibility index (Phi) is 4.62. The molecule has 0 spiro atoms. The molecule has 1 saturated heterocycles. The van der Waals surface area contributed by atoms with E-state index in [2.05, 4.69) is 16.8 Å². The van der Waals surface area contributed by atoms with E-state index in [1.165, 1.54) is 58.3 Å². The van der Waals surface area contributed by atoms with E-state index < -0.39 is 0 Å². The lowest BCUT2D eigenvalue weighted by molar-refractivity contribution is 0.204. The predicted octanol–water partition coefficient (Wildman–Crippen LogP) is 1.14. The van der Waals surface area contributed by atoms with E-state index in [0.29, 0.717) is 0 Å². The lowest BCUT2D eigenvalue weighted by atomic mass is 10.1. The van der Waals surface area contributed by atoms with Crippen molar-refractivity contribution in [2.24, 2.45) is 11.7 Å². The van der Waals surface area contributed by atoms with E-state index in [4.69, 9.17) is 5.73 Å². The fourth-order valence-corrected chi connectivity index (χ4v) is 3.14. The summed E-state index contributed by atoms with van der Waals surface area (Å²) in [5, 5.41) is 0. The molecule has 3 heteroatoms. The Hall–Kier alpha value is -0.120. The van der Waals surface area contributed by atoms with Crippen LogP contribution >= 0.6 is 0 Å². The second-order valence-corrected chi connectivity index (χ2v) is 5.61. The number of likely N-dealkylation sites (tertiary alicyclic amines) is 1. The minimum Gasteiger partial charge on any atom is -0.330 e. The molecule has 2 N–H and O–H groups in total. The van der Waals surface area contributed by atoms with Gasteiger partial charge in [0.05, 0.1) is 0 Å². The van der Waals surface area contributed by atoms with E-state index >= 15 is 0 Å². The lowest BCUT2D eigenvalue weighted by Gasteiger charge is -2.26. The second-order valence-electron chi connectivity index (χ2n) is 5.61. The SMILES string of the molecule is CN(CCN1CCC(CN)C1)C1CCCC1. The Morgan fingerprint density at radius 1 is 1.25 bits per heavy atom. The van der Waals surface area contributed by atoms with Crippen molar-refractivity contribution < 1.29 is 0 Å². The molecule has 0 bridgehead atoms. The molecule has 94 valence electrons. The molecule has 1 saturated carbocycles. The fraction of sp³-hybridized carbons (Fsp3) is 1.00. The first-order chi connectivity index (χ1) is 7.79. The maximum absolute atomic E-state index is 5.71. The van der Waals surface area contributed by atoms with Gasteiger partial charge >= 0.3 is 0 Å². The number of rotatable bonds is 5. The van der Waals surface area contributed by atoms with Gasteiger partial charge < -0.3 is 15.5 Å². The average Bonchev–Trinajstić information content (AvgIpc) is 2.96. The fourth-order valence-electron chi connectivity index (χ4n) is 3.14. The number of likely N-dealkylation sites (N-methyl/N-ethyl adjacent to an activating group) is 1. The summed E-state index contributed by atoms with van der Waals surface area (Å²) in [6, 6.07) is 0.868. The quantitative estimate of drug-likeness (QED) is 0.761. The number of hydrogen-bond donors (Lipinski definition) is 1. The molecule has 0 aromatic carbocycles. The molecular weight excluding hydrogens is 198 g/mol. The number of nitrogens with two attached hydrogens (primary N) is 1. The number of hydrogen-bond acceptors (Lipinski definition) is 3. The van der Waals surface area contributed by atoms with Crippen LogP contribution in [0.5, 0.6) is 0 Å². The van der Waals surface area contributed by atoms with E-state index in [9.17, 15) is 0 Å². The zero-order valence-electron chi connectivity index (χ0n) is 10.7. The van der Waals surface area contributed by atoms with Crippen molar-refractivity contribution in [2.45, 2.75) is 38.1 Å². The van der Waals surface area contributed by atoms with Crippen molar-refractivity contribution >= 4 is 0 Å². The summed E-state index contributed by atoms with van der Waals surface area (Å²) in [5.41, 5.74) is 5.71. The third-order valence-corrected chi connectivity index (χ3v) is 4.42. The Balaban J connectivity index is 1.63. The molecule has 2 fully saturated rings. The summed E-state index contributed by atoms with van der Waals surface area (Å²) in [5.74, 6) is 0.761. The predicted molar refractivity (Wildman–Crippen MR) is 68.5 cm³/mol. The molecule has 1 unspecified atom stereocenters. The van der Waals surface area contributed by atoms with Gasteiger partial charge in [-0.25, -0.2) is 0 Å². The van der Waals surface area contributed by atoms with Crippen LogP contribution in [0, 0.1) is 5.92 Å². The van der Waals surface area contributed by atoms with E-state index in [1.54, 1.807) is 0 Å². The van der Waals surface area contributed by atoms with Gasteiger partial charge in [0.1, 0.15) is 0 Å². The minimum atomic E-state index is 0.761. The normalized spacial score (nSPS) is 28.3. The maximum Gasteiger partial charge on any atom is 0.0109 e. The summed E-state index contributed by atoms with van der Waals surface area (Å²) in [6.45, 7) is 5.84. The van der Waals surface area contributed by atoms with Crippen LogP contribution in [-0.2, 0) is 0 Å². The van der Waals surface area contributed by atoms with Crippen molar-refractivity contribution in [3.8, 4) is 0 Å². The highest BCUT2D eigenvalue weighted by atomic mass is 15.2. The van der Waals surface area contributed by atoms with Crippen molar-refractivity contribution in [3.05, 3.63) is 0 Å². The largest absolute Gasteiger partial charge is 0.330 e. The van der Waals surface area contributed by atoms with Crippen molar-refractivity contribution in [1.82, 2.24) is 9.80 Å². The Labute approximate surface area is 100.0 Å². The molecule has 2 aliphatic rings. The summed E-state index contributed by atoms with van der Waals surface area (Å²) < 4.78 is 0. The first-order valence-electron chi connectivity index (χ1n) is 6.92. The van der Waals surface area contributed by atoms with Crippen LogP contribution < -0.4 is 5.73 Å². The highest BCUT2D eigenvalue weighted by Crippen LogP contribution is 2.22. The van der Waals surface area contributed by atoms with Crippen LogP contribution in [0.3, 0.4) is 0 Å². The smallest absolute Gasteiger partial charge is 0.0109 e. The third-order valence-electron chi connectivity index (χ3n) is 4.42. The first kappa shape index (κ1) is 12.3. The molecule has 2 rings (SSSR count). The van der Waals surface area contributed by atoms with Gasteiger partial charge in [0, 0.05) is 25.7 Å². The Morgan fingerprint density at radius 2 is 2.00 bits per heavy atom. The highest BCUT2D eigenvalue weighted by molar-refractivity contribution is 4.79. The van der Waals surface area contributed by atoms with E-state index in [-0.39, 0.29) is 0 Å². The molecule has 1 aliphatic carbocycles. The van der Waals surface area contributed by atoms with Gasteiger partial charge in [-0.05, 0) is 45.3 Å². The summed E-state index contributed by atoms with van der Waals surface area (Å²) >= 11 is 0. The van der Waals surface area contributed by atoms with Crippen molar-refractivity contribution in [1.29, 1.82) is 0 Å². The lowest BCUT2D eigenvalue weighted by Crippen LogP contribution is -2.37. The van der Waals surface area contributed by atoms with Gasteiger partial charge in [-0.15, -0.1) is 0 Å². The van der Waals surface area contributed by atoms with Crippen molar-refractivity contribution in [3.63, 3.8) is 0 Å². The van der Waals surface area contributed by atoms with Crippen LogP contribution in [0.2, 0.25) is 0 Å². The van der Waals surface area contributed by atoms with Gasteiger partial charge in [0.25, 0.3) is 0 Å². The van der Waals surface area contributed by atoms with Crippen LogP contribution in [0.15, 0.2) is 0 Å². The van der Waals surface area contributed by atoms with E-state index in [0.717, 1.165) is 18.5 Å². The standard InChI is InChI=1S/C13H27N3/c1-15(13-4-2-3-5-13)8-9-16-7-6-12(10-14)11-16/h12-13H,2-11,14H2,1H3. The molecule has 1 aliphatic heterocycles. The molecule has 1 atom stereocenters. The van der Waals surface area contributed by atoms with Crippen LogP contribution in [0.1, 0.15) is 32.1 Å². The zero-order chi connectivity index (χ0) is 11.4. The molecule has 3 nitrogen and oxygen atoms in total. The van der Waals surface area contributed by atoms with Gasteiger partial charge in [-0.2, -0.15) is 0 Å². The number of nitrogens with zero attached hydrogens (tertiary/aromatic N) is 2. The third kappa shape index (κ3) is 3.19. The van der Waals surface area contributed by atoms with Gasteiger partial charge in [0.2, 0.25) is 0 Å². The van der Waals surface area contributed by atoms with Crippen LogP contribution in [-0.4, -0.2) is 55.6 Å². The summed E-state index contributed by atoms with van der Waals surface area (Å²) in [6.07, 6.45) is 7.02. The maximum atomic E-state index is 5.71. The molecule has 0 radical (unpaired) electrons. The molecular formula is C13H27N3. The zero-order valence-corrected chi connectivity index (χ0v) is 10.7. The van der Waals surface area contributed by atoms with Crippen molar-refractivity contribution in [2.75, 3.05) is 39.8 Å². The average molecular weight is 225 g/mol. The molecule has 0 amide bonds. The highest BCUT2D eigenvalue weighted by Gasteiger charge is 2.23. The van der Waals surface area contributed by atoms with Crippen LogP contribution in [0.25, 0.3) is 0 Å². The molecule has 0 aromatic heterocycles. The van der Waals surface area contributed by atoms with E-state index in [1.807, 2.05) is 0 Å². The second kappa shape index (κ2) is 5.99. The summed E-state index contributed by atoms with van der Waals surface area (Å²) in [4.78, 5) is 5.16. The minimum absolute atomic E-state index is 0.761. The van der Waals surface area contributed by atoms with Gasteiger partial charge in [-0.3, -0.25) is 0 Å². The molecule has 1 heterocycles. The van der Waals surface area contributed by atoms with Gasteiger partial charge in [0.15, 0.2) is 0 Å². The Morgan fingerprint density at radius 3 is 2.62 bits per heavy atom. The Bertz CT molecular complexity index is 201.